The van der Waals surface area contributed by atoms with Crippen LogP contribution in [0.15, 0.2) is 21.3 Å². The van der Waals surface area contributed by atoms with E-state index in [1.807, 2.05) is 53.7 Å². The topological polar surface area (TPSA) is 66.2 Å². The second kappa shape index (κ2) is 7.07. The maximum atomic E-state index is 13.5. The van der Waals surface area contributed by atoms with Crippen LogP contribution >= 0.6 is 0 Å². The van der Waals surface area contributed by atoms with Crippen molar-refractivity contribution in [2.24, 2.45) is 0 Å². The fraction of sp³-hybridized carbons (Fsp3) is 0.571. The van der Waals surface area contributed by atoms with Crippen LogP contribution in [0.1, 0.15) is 105 Å². The van der Waals surface area contributed by atoms with Crippen LogP contribution in [-0.4, -0.2) is 4.98 Å². The summed E-state index contributed by atoms with van der Waals surface area (Å²) < 4.78 is 6.50. The molecule has 0 unspecified atom stereocenters. The summed E-state index contributed by atoms with van der Waals surface area (Å²) in [5, 5.41) is 13.5. The molecule has 3 rings (SSSR count). The first-order valence-corrected chi connectivity index (χ1v) is 11.4. The molecule has 0 saturated carbocycles. The van der Waals surface area contributed by atoms with Crippen molar-refractivity contribution in [3.05, 3.63) is 44.6 Å². The second-order valence-corrected chi connectivity index (χ2v) is 13.2. The molecule has 0 spiro atoms. The molecule has 0 saturated heterocycles. The Morgan fingerprint density at radius 1 is 0.688 bits per heavy atom. The predicted octanol–water partition coefficient (Wildman–Crippen LogP) is 6.56. The van der Waals surface area contributed by atoms with Crippen molar-refractivity contribution in [3.63, 3.8) is 0 Å². The first-order valence-electron chi connectivity index (χ1n) is 11.4. The van der Waals surface area contributed by atoms with Gasteiger partial charge in [0, 0.05) is 16.7 Å². The predicted molar refractivity (Wildman–Crippen MR) is 131 cm³/mol. The molecule has 1 heterocycles. The molecule has 0 aromatic heterocycles. The van der Waals surface area contributed by atoms with Gasteiger partial charge < -0.3 is 9.52 Å². The first kappa shape index (κ1) is 24.3. The molecule has 32 heavy (non-hydrogen) atoms. The Bertz CT molecular complexity index is 1220. The van der Waals surface area contributed by atoms with E-state index in [9.17, 15) is 9.90 Å². The van der Waals surface area contributed by atoms with E-state index in [0.29, 0.717) is 22.5 Å². The van der Waals surface area contributed by atoms with E-state index >= 15 is 0 Å². The Balaban J connectivity index is 2.67. The number of nitrogens with zero attached hydrogens (tertiary/aromatic N) is 1. The number of benzene rings is 2. The van der Waals surface area contributed by atoms with E-state index in [-0.39, 0.29) is 44.0 Å². The Labute approximate surface area is 192 Å². The van der Waals surface area contributed by atoms with Gasteiger partial charge in [-0.3, -0.25) is 4.79 Å². The SMILES string of the molecule is CC(C)(C)c1cc(C(C)(C)C)c(=O)c2nc3c([O-])c(C(C)(C)C)cc(C(C)(C)C)c3oc1-2. The standard InChI is InChI=1S/C28H39NO3/c1-25(2,3)15-13-17(27(7,8)9)23-19(21(15)30)29-20-22(31)16(26(4,5)6)14-18(24(20)32-23)28(10,11)12/h13-14,30H,1-12H3/p-1. The highest BCUT2D eigenvalue weighted by Gasteiger charge is 2.33. The first-order chi connectivity index (χ1) is 14.2. The molecule has 0 radical (unpaired) electrons. The van der Waals surface area contributed by atoms with Gasteiger partial charge in [-0.05, 0) is 33.3 Å². The van der Waals surface area contributed by atoms with E-state index in [4.69, 9.17) is 9.40 Å². The lowest BCUT2D eigenvalue weighted by molar-refractivity contribution is -0.267. The van der Waals surface area contributed by atoms with Gasteiger partial charge in [0.15, 0.2) is 17.0 Å². The van der Waals surface area contributed by atoms with Gasteiger partial charge in [0.1, 0.15) is 0 Å². The molecule has 174 valence electrons. The Morgan fingerprint density at radius 2 is 1.12 bits per heavy atom. The highest BCUT2D eigenvalue weighted by molar-refractivity contribution is 5.87. The van der Waals surface area contributed by atoms with Gasteiger partial charge in [0.2, 0.25) is 5.43 Å². The summed E-state index contributed by atoms with van der Waals surface area (Å²) in [4.78, 5) is 18.3. The summed E-state index contributed by atoms with van der Waals surface area (Å²) in [6.07, 6.45) is 0. The molecule has 0 fully saturated rings. The molecule has 1 aliphatic heterocycles. The average molecular weight is 437 g/mol. The third-order valence-electron chi connectivity index (χ3n) is 6.08. The zero-order chi connectivity index (χ0) is 24.6. The molecule has 4 heteroatoms. The molecule has 1 aromatic carbocycles. The molecule has 0 amide bonds. The van der Waals surface area contributed by atoms with Gasteiger partial charge in [-0.2, -0.15) is 0 Å². The van der Waals surface area contributed by atoms with Crippen LogP contribution in [0.4, 0.5) is 0 Å². The van der Waals surface area contributed by atoms with Crippen molar-refractivity contribution in [1.29, 1.82) is 0 Å². The minimum absolute atomic E-state index is 0.163. The number of rotatable bonds is 0. The monoisotopic (exact) mass is 436 g/mol. The van der Waals surface area contributed by atoms with E-state index in [2.05, 4.69) is 41.5 Å². The summed E-state index contributed by atoms with van der Waals surface area (Å²) in [6, 6.07) is 3.94. The van der Waals surface area contributed by atoms with Crippen molar-refractivity contribution in [2.75, 3.05) is 0 Å². The lowest BCUT2D eigenvalue weighted by atomic mass is 9.78. The highest BCUT2D eigenvalue weighted by Crippen LogP contribution is 2.43. The Hall–Kier alpha value is -2.36. The van der Waals surface area contributed by atoms with E-state index in [1.165, 1.54) is 0 Å². The van der Waals surface area contributed by atoms with Crippen LogP contribution in [0.5, 0.6) is 5.75 Å². The molecular weight excluding hydrogens is 398 g/mol. The molecular formula is C28H38NO3-. The fourth-order valence-electron chi connectivity index (χ4n) is 4.12. The minimum Gasteiger partial charge on any atom is -0.871 e. The van der Waals surface area contributed by atoms with E-state index in [0.717, 1.165) is 11.1 Å². The van der Waals surface area contributed by atoms with Crippen LogP contribution in [0.25, 0.3) is 22.6 Å². The van der Waals surface area contributed by atoms with Crippen molar-refractivity contribution in [1.82, 2.24) is 4.98 Å². The maximum Gasteiger partial charge on any atom is 0.211 e. The molecule has 1 aliphatic carbocycles. The van der Waals surface area contributed by atoms with Crippen molar-refractivity contribution >= 4 is 11.1 Å². The summed E-state index contributed by atoms with van der Waals surface area (Å²) >= 11 is 0. The number of fused-ring (bicyclic) bond motifs is 2. The zero-order valence-electron chi connectivity index (χ0n) is 21.8. The summed E-state index contributed by atoms with van der Waals surface area (Å²) in [6.45, 7) is 24.7. The Kier molecular flexibility index (Phi) is 5.36. The van der Waals surface area contributed by atoms with Gasteiger partial charge in [-0.25, -0.2) is 4.98 Å². The molecule has 0 atom stereocenters. The quantitative estimate of drug-likeness (QED) is 0.374. The third-order valence-corrected chi connectivity index (χ3v) is 6.08. The second-order valence-electron chi connectivity index (χ2n) is 13.2. The number of aromatic nitrogens is 1. The molecule has 1 aromatic rings. The van der Waals surface area contributed by atoms with Gasteiger partial charge in [-0.1, -0.05) is 94.9 Å². The van der Waals surface area contributed by atoms with Gasteiger partial charge in [0.05, 0.1) is 5.52 Å². The van der Waals surface area contributed by atoms with E-state index in [1.54, 1.807) is 0 Å². The van der Waals surface area contributed by atoms with Crippen LogP contribution in [-0.2, 0) is 21.7 Å². The van der Waals surface area contributed by atoms with Crippen molar-refractivity contribution < 1.29 is 9.52 Å². The van der Waals surface area contributed by atoms with Crippen molar-refractivity contribution in [2.45, 2.75) is 105 Å². The van der Waals surface area contributed by atoms with Gasteiger partial charge in [0.25, 0.3) is 0 Å². The van der Waals surface area contributed by atoms with E-state index < -0.39 is 0 Å². The third kappa shape index (κ3) is 4.04. The van der Waals surface area contributed by atoms with Crippen LogP contribution in [0.3, 0.4) is 0 Å². The summed E-state index contributed by atoms with van der Waals surface area (Å²) in [5.74, 6) is 0.320. The number of hydrogen-bond acceptors (Lipinski definition) is 4. The molecule has 0 N–H and O–H groups in total. The average Bonchev–Trinajstić information content (AvgIpc) is 2.56. The summed E-state index contributed by atoms with van der Waals surface area (Å²) in [7, 11) is 0. The lowest BCUT2D eigenvalue weighted by Crippen LogP contribution is -2.28. The Morgan fingerprint density at radius 3 is 1.56 bits per heavy atom. The molecule has 2 aliphatic rings. The maximum absolute atomic E-state index is 13.5. The smallest absolute Gasteiger partial charge is 0.211 e. The van der Waals surface area contributed by atoms with Gasteiger partial charge in [-0.15, -0.1) is 0 Å². The molecule has 0 bridgehead atoms. The fourth-order valence-corrected chi connectivity index (χ4v) is 4.12. The van der Waals surface area contributed by atoms with Crippen LogP contribution < -0.4 is 10.5 Å². The lowest BCUT2D eigenvalue weighted by Gasteiger charge is -2.32. The van der Waals surface area contributed by atoms with Crippen LogP contribution in [0, 0.1) is 0 Å². The number of hydrogen-bond donors (Lipinski definition) is 0. The largest absolute Gasteiger partial charge is 0.871 e. The normalized spacial score (nSPS) is 13.9. The van der Waals surface area contributed by atoms with Crippen molar-refractivity contribution in [3.8, 4) is 17.2 Å². The minimum atomic E-state index is -0.355. The van der Waals surface area contributed by atoms with Crippen LogP contribution in [0.2, 0.25) is 0 Å². The zero-order valence-corrected chi connectivity index (χ0v) is 21.8. The summed E-state index contributed by atoms with van der Waals surface area (Å²) in [5.41, 5.74) is 2.81. The van der Waals surface area contributed by atoms with Gasteiger partial charge >= 0.3 is 0 Å². The highest BCUT2D eigenvalue weighted by atomic mass is 16.3. The molecule has 4 nitrogen and oxygen atoms in total.